The maximum absolute atomic E-state index is 13.6. The number of carbonyl (C=O) groups excluding carboxylic acids is 3. The minimum Gasteiger partial charge on any atom is -0.436 e. The highest BCUT2D eigenvalue weighted by molar-refractivity contribution is 6.06. The highest BCUT2D eigenvalue weighted by atomic mass is 19.4. The third-order valence-electron chi connectivity index (χ3n) is 7.85. The van der Waals surface area contributed by atoms with Gasteiger partial charge in [-0.1, -0.05) is 18.2 Å². The maximum atomic E-state index is 13.6. The van der Waals surface area contributed by atoms with E-state index in [1.54, 1.807) is 17.0 Å². The van der Waals surface area contributed by atoms with Crippen LogP contribution in [0.2, 0.25) is 0 Å². The van der Waals surface area contributed by atoms with Gasteiger partial charge in [-0.3, -0.25) is 14.4 Å². The number of nitrogens with one attached hydrogen (secondary N) is 2. The summed E-state index contributed by atoms with van der Waals surface area (Å²) in [5, 5.41) is 5.39. The number of aromatic nitrogens is 1. The normalized spacial score (nSPS) is 15.6. The first-order valence-corrected chi connectivity index (χ1v) is 14.6. The van der Waals surface area contributed by atoms with E-state index in [4.69, 9.17) is 4.42 Å². The molecule has 0 unspecified atom stereocenters. The molecule has 234 valence electrons. The molecule has 5 rings (SSSR count). The fraction of sp³-hybridized carbons (Fsp3) is 0.419. The second kappa shape index (κ2) is 13.0. The standard InChI is InChI=1S/C31H35F3N6O4/c1-20-7-3-4-8-24(20)38-15-17-39(18-16-38)25-11-10-22(29(42)35-12-6-14-40-13-5-9-26(40)41)19-23(25)37-30(43)27-28(31(32,33)34)44-21(2)36-27/h3-4,7-8,10-11,19H,5-6,9,12-18H2,1-2H3,(H,35,42)(H,37,43). The van der Waals surface area contributed by atoms with Crippen molar-refractivity contribution in [3.63, 3.8) is 0 Å². The first kappa shape index (κ1) is 30.9. The van der Waals surface area contributed by atoms with E-state index in [0.717, 1.165) is 24.2 Å². The molecule has 2 aromatic carbocycles. The summed E-state index contributed by atoms with van der Waals surface area (Å²) >= 11 is 0. The van der Waals surface area contributed by atoms with Crippen LogP contribution in [0.25, 0.3) is 0 Å². The second-order valence-corrected chi connectivity index (χ2v) is 10.9. The number of hydrogen-bond donors (Lipinski definition) is 2. The molecule has 13 heteroatoms. The Hall–Kier alpha value is -4.55. The van der Waals surface area contributed by atoms with Gasteiger partial charge in [0.25, 0.3) is 11.8 Å². The molecule has 0 saturated carbocycles. The monoisotopic (exact) mass is 612 g/mol. The first-order valence-electron chi connectivity index (χ1n) is 14.6. The number of amides is 3. The molecule has 3 amide bonds. The number of piperazine rings is 1. The summed E-state index contributed by atoms with van der Waals surface area (Å²) in [4.78, 5) is 47.7. The van der Waals surface area contributed by atoms with E-state index < -0.39 is 29.4 Å². The van der Waals surface area contributed by atoms with Crippen molar-refractivity contribution < 1.29 is 32.0 Å². The number of benzene rings is 2. The molecule has 0 spiro atoms. The fourth-order valence-electron chi connectivity index (χ4n) is 5.63. The van der Waals surface area contributed by atoms with Crippen LogP contribution >= 0.6 is 0 Å². The van der Waals surface area contributed by atoms with Crippen LogP contribution in [0, 0.1) is 13.8 Å². The molecule has 0 bridgehead atoms. The zero-order valence-corrected chi connectivity index (χ0v) is 24.7. The van der Waals surface area contributed by atoms with E-state index in [2.05, 4.69) is 26.6 Å². The molecule has 2 fully saturated rings. The zero-order valence-electron chi connectivity index (χ0n) is 24.7. The summed E-state index contributed by atoms with van der Waals surface area (Å²) in [6, 6.07) is 12.8. The lowest BCUT2D eigenvalue weighted by atomic mass is 10.1. The summed E-state index contributed by atoms with van der Waals surface area (Å²) in [6.07, 6.45) is -2.95. The van der Waals surface area contributed by atoms with E-state index in [1.807, 2.05) is 30.0 Å². The number of para-hydroxylation sites is 1. The average Bonchev–Trinajstić information content (AvgIpc) is 3.60. The molecule has 2 aliphatic rings. The lowest BCUT2D eigenvalue weighted by molar-refractivity contribution is -0.153. The molecule has 3 aromatic rings. The second-order valence-electron chi connectivity index (χ2n) is 10.9. The summed E-state index contributed by atoms with van der Waals surface area (Å²) in [5.74, 6) is -3.16. The van der Waals surface area contributed by atoms with Crippen LogP contribution in [-0.2, 0) is 11.0 Å². The highest BCUT2D eigenvalue weighted by Gasteiger charge is 2.41. The van der Waals surface area contributed by atoms with Crippen LogP contribution < -0.4 is 20.4 Å². The van der Waals surface area contributed by atoms with Gasteiger partial charge < -0.3 is 29.8 Å². The Balaban J connectivity index is 1.34. The maximum Gasteiger partial charge on any atom is 0.452 e. The zero-order chi connectivity index (χ0) is 31.4. The molecule has 2 saturated heterocycles. The fourth-order valence-corrected chi connectivity index (χ4v) is 5.63. The molecule has 0 aliphatic carbocycles. The van der Waals surface area contributed by atoms with Gasteiger partial charge >= 0.3 is 6.18 Å². The third kappa shape index (κ3) is 6.98. The Morgan fingerprint density at radius 1 is 0.955 bits per heavy atom. The molecule has 10 nitrogen and oxygen atoms in total. The number of likely N-dealkylation sites (tertiary alicyclic amines) is 1. The molecule has 2 aliphatic heterocycles. The van der Waals surface area contributed by atoms with Gasteiger partial charge in [-0.15, -0.1) is 0 Å². The van der Waals surface area contributed by atoms with Crippen molar-refractivity contribution in [2.75, 3.05) is 60.9 Å². The van der Waals surface area contributed by atoms with E-state index in [9.17, 15) is 27.6 Å². The van der Waals surface area contributed by atoms with Gasteiger partial charge in [0.1, 0.15) is 0 Å². The smallest absolute Gasteiger partial charge is 0.436 e. The summed E-state index contributed by atoms with van der Waals surface area (Å²) in [7, 11) is 0. The number of alkyl halides is 3. The van der Waals surface area contributed by atoms with Gasteiger partial charge in [0.2, 0.25) is 11.7 Å². The molecule has 44 heavy (non-hydrogen) atoms. The van der Waals surface area contributed by atoms with Crippen LogP contribution in [0.1, 0.15) is 57.3 Å². The van der Waals surface area contributed by atoms with Crippen molar-refractivity contribution in [2.24, 2.45) is 0 Å². The van der Waals surface area contributed by atoms with Crippen LogP contribution in [0.5, 0.6) is 0 Å². The Labute approximate surface area is 253 Å². The van der Waals surface area contributed by atoms with Crippen LogP contribution in [0.4, 0.5) is 30.2 Å². The molecule has 1 aromatic heterocycles. The number of aryl methyl sites for hydroxylation is 2. The van der Waals surface area contributed by atoms with Crippen LogP contribution in [0.15, 0.2) is 46.9 Å². The van der Waals surface area contributed by atoms with Crippen molar-refractivity contribution in [3.8, 4) is 0 Å². The van der Waals surface area contributed by atoms with Crippen molar-refractivity contribution in [2.45, 2.75) is 39.3 Å². The Morgan fingerprint density at radius 2 is 1.66 bits per heavy atom. The first-order chi connectivity index (χ1) is 21.0. The van der Waals surface area contributed by atoms with Gasteiger partial charge in [0.15, 0.2) is 11.6 Å². The molecule has 0 atom stereocenters. The Morgan fingerprint density at radius 3 is 2.32 bits per heavy atom. The van der Waals surface area contributed by atoms with Gasteiger partial charge in [0.05, 0.1) is 11.4 Å². The van der Waals surface area contributed by atoms with Crippen molar-refractivity contribution in [3.05, 3.63) is 70.9 Å². The minimum atomic E-state index is -4.91. The molecule has 2 N–H and O–H groups in total. The highest BCUT2D eigenvalue weighted by Crippen LogP contribution is 2.34. The van der Waals surface area contributed by atoms with Crippen molar-refractivity contribution in [1.29, 1.82) is 0 Å². The van der Waals surface area contributed by atoms with Crippen molar-refractivity contribution in [1.82, 2.24) is 15.2 Å². The van der Waals surface area contributed by atoms with Crippen molar-refractivity contribution >= 4 is 34.8 Å². The van der Waals surface area contributed by atoms with Gasteiger partial charge in [-0.2, -0.15) is 13.2 Å². The number of halogens is 3. The number of rotatable bonds is 9. The number of hydrogen-bond acceptors (Lipinski definition) is 7. The Kier molecular flexibility index (Phi) is 9.12. The molecule has 3 heterocycles. The summed E-state index contributed by atoms with van der Waals surface area (Å²) in [5.41, 5.74) is 2.38. The predicted molar refractivity (Wildman–Crippen MR) is 159 cm³/mol. The van der Waals surface area contributed by atoms with E-state index in [0.29, 0.717) is 57.8 Å². The van der Waals surface area contributed by atoms with E-state index in [-0.39, 0.29) is 23.0 Å². The molecular formula is C31H35F3N6O4. The van der Waals surface area contributed by atoms with E-state index in [1.165, 1.54) is 13.0 Å². The number of nitrogens with zero attached hydrogens (tertiary/aromatic N) is 4. The van der Waals surface area contributed by atoms with Gasteiger partial charge in [0, 0.05) is 70.4 Å². The predicted octanol–water partition coefficient (Wildman–Crippen LogP) is 4.63. The SMILES string of the molecule is Cc1nc(C(=O)Nc2cc(C(=O)NCCCN3CCCC3=O)ccc2N2CCN(c3ccccc3C)CC2)c(C(F)(F)F)o1. The number of carbonyl (C=O) groups is 3. The summed E-state index contributed by atoms with van der Waals surface area (Å²) < 4.78 is 45.4. The number of oxazole rings is 1. The van der Waals surface area contributed by atoms with Crippen LogP contribution in [0.3, 0.4) is 0 Å². The third-order valence-corrected chi connectivity index (χ3v) is 7.85. The summed E-state index contributed by atoms with van der Waals surface area (Å²) in [6.45, 7) is 7.40. The topological polar surface area (TPSA) is 111 Å². The average molecular weight is 613 g/mol. The van der Waals surface area contributed by atoms with E-state index >= 15 is 0 Å². The van der Waals surface area contributed by atoms with Gasteiger partial charge in [-0.05, 0) is 49.6 Å². The minimum absolute atomic E-state index is 0.114. The number of anilines is 3. The molecule has 0 radical (unpaired) electrons. The van der Waals surface area contributed by atoms with Gasteiger partial charge in [-0.25, -0.2) is 4.98 Å². The Bertz CT molecular complexity index is 1530. The molecular weight excluding hydrogens is 577 g/mol. The lowest BCUT2D eigenvalue weighted by Gasteiger charge is -2.38. The van der Waals surface area contributed by atoms with Crippen LogP contribution in [-0.4, -0.2) is 73.4 Å². The quantitative estimate of drug-likeness (QED) is 0.339. The largest absolute Gasteiger partial charge is 0.452 e. The lowest BCUT2D eigenvalue weighted by Crippen LogP contribution is -2.47.